The molecule has 5 nitrogen and oxygen atoms in total. The molecule has 0 saturated carbocycles. The van der Waals surface area contributed by atoms with E-state index in [9.17, 15) is 4.79 Å². The van der Waals surface area contributed by atoms with Crippen LogP contribution >= 0.6 is 11.8 Å². The minimum absolute atomic E-state index is 0.0844. The number of aromatic nitrogens is 2. The number of benzene rings is 1. The van der Waals surface area contributed by atoms with Gasteiger partial charge in [0, 0.05) is 30.1 Å². The van der Waals surface area contributed by atoms with Gasteiger partial charge >= 0.3 is 6.03 Å². The summed E-state index contributed by atoms with van der Waals surface area (Å²) in [4.78, 5) is 14.7. The molecule has 1 aliphatic heterocycles. The normalized spacial score (nSPS) is 20.3. The van der Waals surface area contributed by atoms with Gasteiger partial charge < -0.3 is 10.2 Å². The summed E-state index contributed by atoms with van der Waals surface area (Å²) in [6, 6.07) is 10.6. The topological polar surface area (TPSA) is 50.2 Å². The summed E-state index contributed by atoms with van der Waals surface area (Å²) in [5.41, 5.74) is 3.73. The highest BCUT2D eigenvalue weighted by Crippen LogP contribution is 2.30. The number of rotatable bonds is 3. The number of amides is 2. The molecule has 0 spiro atoms. The number of fused-ring (bicyclic) bond motifs is 1. The molecule has 6 heteroatoms. The predicted molar refractivity (Wildman–Crippen MR) is 105 cm³/mol. The van der Waals surface area contributed by atoms with Crippen LogP contribution in [0, 0.1) is 0 Å². The van der Waals surface area contributed by atoms with Gasteiger partial charge in [0.15, 0.2) is 0 Å². The summed E-state index contributed by atoms with van der Waals surface area (Å²) < 4.78 is 2.10. The van der Waals surface area contributed by atoms with Crippen molar-refractivity contribution in [1.82, 2.24) is 20.0 Å². The third kappa shape index (κ3) is 3.90. The van der Waals surface area contributed by atoms with Gasteiger partial charge in [-0.05, 0) is 37.0 Å². The second-order valence-electron chi connectivity index (χ2n) is 7.04. The standard InChI is InChI=1S/C20H26N4OS/c25-20(23-10-5-12-26-13-11-23)22-18-8-4-9-19-17(18)14-21-24(19)15-16-6-2-1-3-7-16/h1-3,6-7,14,18H,4-5,8-13,15H2,(H,22,25). The lowest BCUT2D eigenvalue weighted by atomic mass is 9.93. The first-order chi connectivity index (χ1) is 12.8. The fraction of sp³-hybridized carbons (Fsp3) is 0.500. The van der Waals surface area contributed by atoms with Gasteiger partial charge in [-0.15, -0.1) is 0 Å². The predicted octanol–water partition coefficient (Wildman–Crippen LogP) is 3.46. The van der Waals surface area contributed by atoms with Crippen molar-refractivity contribution in [2.24, 2.45) is 0 Å². The second kappa shape index (κ2) is 8.16. The Kier molecular flexibility index (Phi) is 5.48. The van der Waals surface area contributed by atoms with Crippen molar-refractivity contribution in [3.63, 3.8) is 0 Å². The van der Waals surface area contributed by atoms with Crippen molar-refractivity contribution >= 4 is 17.8 Å². The molecule has 26 heavy (non-hydrogen) atoms. The molecule has 1 saturated heterocycles. The van der Waals surface area contributed by atoms with Crippen LogP contribution in [0.3, 0.4) is 0 Å². The van der Waals surface area contributed by atoms with Gasteiger partial charge in [-0.1, -0.05) is 30.3 Å². The van der Waals surface area contributed by atoms with E-state index in [1.165, 1.54) is 16.8 Å². The van der Waals surface area contributed by atoms with Crippen molar-refractivity contribution in [1.29, 1.82) is 0 Å². The van der Waals surface area contributed by atoms with Crippen LogP contribution in [0.4, 0.5) is 4.79 Å². The Hall–Kier alpha value is -1.95. The Balaban J connectivity index is 1.46. The summed E-state index contributed by atoms with van der Waals surface area (Å²) in [5.74, 6) is 2.20. The fourth-order valence-corrected chi connectivity index (χ4v) is 4.74. The van der Waals surface area contributed by atoms with Crippen LogP contribution in [0.2, 0.25) is 0 Å². The molecule has 0 radical (unpaired) electrons. The third-order valence-electron chi connectivity index (χ3n) is 5.25. The molecule has 1 aromatic carbocycles. The van der Waals surface area contributed by atoms with Crippen LogP contribution in [0.25, 0.3) is 0 Å². The van der Waals surface area contributed by atoms with Gasteiger partial charge in [0.1, 0.15) is 0 Å². The van der Waals surface area contributed by atoms with Crippen LogP contribution in [0.1, 0.15) is 42.1 Å². The largest absolute Gasteiger partial charge is 0.331 e. The molecule has 2 aromatic rings. The van der Waals surface area contributed by atoms with Crippen LogP contribution in [-0.4, -0.2) is 45.3 Å². The summed E-state index contributed by atoms with van der Waals surface area (Å²) in [7, 11) is 0. The quantitative estimate of drug-likeness (QED) is 0.900. The van der Waals surface area contributed by atoms with Gasteiger partial charge in [-0.2, -0.15) is 16.9 Å². The fourth-order valence-electron chi connectivity index (χ4n) is 3.85. The van der Waals surface area contributed by atoms with Gasteiger partial charge in [0.05, 0.1) is 18.8 Å². The third-order valence-corrected chi connectivity index (χ3v) is 6.29. The number of carbonyl (C=O) groups excluding carboxylic acids is 1. The number of nitrogens with one attached hydrogen (secondary N) is 1. The maximum absolute atomic E-state index is 12.7. The molecule has 2 aliphatic rings. The first-order valence-corrected chi connectivity index (χ1v) is 10.7. The number of thioether (sulfide) groups is 1. The van der Waals surface area contributed by atoms with Crippen LogP contribution in [0.15, 0.2) is 36.5 Å². The molecular formula is C20H26N4OS. The van der Waals surface area contributed by atoms with Gasteiger partial charge in [0.25, 0.3) is 0 Å². The molecular weight excluding hydrogens is 344 g/mol. The molecule has 0 bridgehead atoms. The first kappa shape index (κ1) is 17.5. The zero-order valence-corrected chi connectivity index (χ0v) is 15.9. The lowest BCUT2D eigenvalue weighted by Gasteiger charge is -2.28. The second-order valence-corrected chi connectivity index (χ2v) is 8.26. The lowest BCUT2D eigenvalue weighted by Crippen LogP contribution is -2.43. The van der Waals surface area contributed by atoms with Gasteiger partial charge in [0.2, 0.25) is 0 Å². The Morgan fingerprint density at radius 1 is 1.19 bits per heavy atom. The minimum Gasteiger partial charge on any atom is -0.331 e. The SMILES string of the molecule is O=C(NC1CCCc2c1cnn2Cc1ccccc1)N1CCCSCC1. The Bertz CT molecular complexity index is 738. The minimum atomic E-state index is 0.0844. The molecule has 2 heterocycles. The van der Waals surface area contributed by atoms with Crippen molar-refractivity contribution in [2.45, 2.75) is 38.3 Å². The lowest BCUT2D eigenvalue weighted by molar-refractivity contribution is 0.196. The average Bonchev–Trinajstić information content (AvgIpc) is 2.90. The van der Waals surface area contributed by atoms with Crippen LogP contribution in [-0.2, 0) is 13.0 Å². The number of carbonyl (C=O) groups is 1. The molecule has 4 rings (SSSR count). The van der Waals surface area contributed by atoms with E-state index in [1.807, 2.05) is 28.9 Å². The van der Waals surface area contributed by atoms with E-state index in [4.69, 9.17) is 0 Å². The highest BCUT2D eigenvalue weighted by molar-refractivity contribution is 7.99. The molecule has 1 unspecified atom stereocenters. The zero-order chi connectivity index (χ0) is 17.8. The van der Waals surface area contributed by atoms with Gasteiger partial charge in [-0.3, -0.25) is 4.68 Å². The van der Waals surface area contributed by atoms with Crippen molar-refractivity contribution < 1.29 is 4.79 Å². The highest BCUT2D eigenvalue weighted by atomic mass is 32.2. The van der Waals surface area contributed by atoms with E-state index in [0.717, 1.165) is 56.8 Å². The highest BCUT2D eigenvalue weighted by Gasteiger charge is 2.27. The van der Waals surface area contributed by atoms with Crippen LogP contribution in [0.5, 0.6) is 0 Å². The zero-order valence-electron chi connectivity index (χ0n) is 15.1. The van der Waals surface area contributed by atoms with E-state index in [-0.39, 0.29) is 12.1 Å². The maximum atomic E-state index is 12.7. The van der Waals surface area contributed by atoms with Crippen molar-refractivity contribution in [2.75, 3.05) is 24.6 Å². The summed E-state index contributed by atoms with van der Waals surface area (Å²) >= 11 is 1.94. The number of urea groups is 1. The van der Waals surface area contributed by atoms with Crippen LogP contribution < -0.4 is 5.32 Å². The number of hydrogen-bond donors (Lipinski definition) is 1. The van der Waals surface area contributed by atoms with Crippen molar-refractivity contribution in [3.8, 4) is 0 Å². The molecule has 2 amide bonds. The molecule has 1 aliphatic carbocycles. The monoisotopic (exact) mass is 370 g/mol. The Morgan fingerprint density at radius 3 is 2.96 bits per heavy atom. The Morgan fingerprint density at radius 2 is 2.08 bits per heavy atom. The molecule has 1 atom stereocenters. The first-order valence-electron chi connectivity index (χ1n) is 9.53. The molecule has 1 fully saturated rings. The van der Waals surface area contributed by atoms with Crippen molar-refractivity contribution in [3.05, 3.63) is 53.3 Å². The maximum Gasteiger partial charge on any atom is 0.317 e. The van der Waals surface area contributed by atoms with Gasteiger partial charge in [-0.25, -0.2) is 4.79 Å². The number of nitrogens with zero attached hydrogens (tertiary/aromatic N) is 3. The smallest absolute Gasteiger partial charge is 0.317 e. The summed E-state index contributed by atoms with van der Waals surface area (Å²) in [5, 5.41) is 7.90. The average molecular weight is 371 g/mol. The van der Waals surface area contributed by atoms with E-state index in [0.29, 0.717) is 0 Å². The summed E-state index contributed by atoms with van der Waals surface area (Å²) in [6.07, 6.45) is 6.17. The molecule has 138 valence electrons. The van der Waals surface area contributed by atoms with E-state index in [1.54, 1.807) is 0 Å². The van der Waals surface area contributed by atoms with E-state index in [2.05, 4.69) is 39.4 Å². The molecule has 1 N–H and O–H groups in total. The number of hydrogen-bond acceptors (Lipinski definition) is 3. The Labute approximate surface area is 159 Å². The molecule has 1 aromatic heterocycles. The van der Waals surface area contributed by atoms with E-state index < -0.39 is 0 Å². The van der Waals surface area contributed by atoms with E-state index >= 15 is 0 Å². The summed E-state index contributed by atoms with van der Waals surface area (Å²) in [6.45, 7) is 2.51.